The fourth-order valence-electron chi connectivity index (χ4n) is 2.46. The molecule has 0 heterocycles. The van der Waals surface area contributed by atoms with Gasteiger partial charge in [0.25, 0.3) is 0 Å². The van der Waals surface area contributed by atoms with Crippen LogP contribution in [0.2, 0.25) is 0 Å². The summed E-state index contributed by atoms with van der Waals surface area (Å²) in [6.45, 7) is 11.0. The number of aliphatic hydroxyl groups is 1. The molecule has 20 heavy (non-hydrogen) atoms. The van der Waals surface area contributed by atoms with Gasteiger partial charge in [-0.2, -0.15) is 0 Å². The Morgan fingerprint density at radius 3 is 2.45 bits per heavy atom. The number of aryl methyl sites for hydroxylation is 2. The summed E-state index contributed by atoms with van der Waals surface area (Å²) in [5, 5.41) is 10.00. The van der Waals surface area contributed by atoms with Crippen molar-refractivity contribution in [2.24, 2.45) is 5.73 Å². The van der Waals surface area contributed by atoms with Crippen LogP contribution in [0.4, 0.5) is 0 Å². The van der Waals surface area contributed by atoms with Gasteiger partial charge < -0.3 is 15.6 Å². The molecule has 0 amide bonds. The fraction of sp³-hybridized carbons (Fsp3) is 0.647. The van der Waals surface area contributed by atoms with E-state index >= 15 is 0 Å². The molecule has 3 unspecified atom stereocenters. The molecule has 3 nitrogen and oxygen atoms in total. The van der Waals surface area contributed by atoms with E-state index in [-0.39, 0.29) is 12.0 Å². The highest BCUT2D eigenvalue weighted by Gasteiger charge is 2.20. The maximum absolute atomic E-state index is 10.00. The van der Waals surface area contributed by atoms with Crippen LogP contribution in [0.15, 0.2) is 12.1 Å². The van der Waals surface area contributed by atoms with E-state index in [0.29, 0.717) is 6.42 Å². The van der Waals surface area contributed by atoms with E-state index < -0.39 is 6.10 Å². The lowest BCUT2D eigenvalue weighted by molar-refractivity contribution is 0.134. The molecule has 1 aromatic rings. The highest BCUT2D eigenvalue weighted by Crippen LogP contribution is 2.34. The molecule has 0 aliphatic heterocycles. The maximum atomic E-state index is 10.00. The first-order valence-corrected chi connectivity index (χ1v) is 7.54. The Hall–Kier alpha value is -1.06. The van der Waals surface area contributed by atoms with Crippen molar-refractivity contribution in [2.75, 3.05) is 6.61 Å². The Bertz CT molecular complexity index is 429. The third-order valence-electron chi connectivity index (χ3n) is 3.63. The van der Waals surface area contributed by atoms with E-state index in [9.17, 15) is 5.11 Å². The Kier molecular flexibility index (Phi) is 6.50. The molecule has 0 fully saturated rings. The van der Waals surface area contributed by atoms with Crippen molar-refractivity contribution >= 4 is 0 Å². The largest absolute Gasteiger partial charge is 0.493 e. The Labute approximate surface area is 123 Å². The first-order chi connectivity index (χ1) is 9.36. The van der Waals surface area contributed by atoms with Crippen LogP contribution in [0.1, 0.15) is 56.2 Å². The molecule has 0 bridgehead atoms. The van der Waals surface area contributed by atoms with Crippen molar-refractivity contribution in [1.82, 2.24) is 0 Å². The lowest BCUT2D eigenvalue weighted by atomic mass is 9.90. The highest BCUT2D eigenvalue weighted by molar-refractivity contribution is 5.45. The number of rotatable bonds is 7. The predicted octanol–water partition coefficient (Wildman–Crippen LogP) is 3.29. The minimum absolute atomic E-state index is 0.205. The van der Waals surface area contributed by atoms with Crippen LogP contribution < -0.4 is 10.5 Å². The van der Waals surface area contributed by atoms with Crippen LogP contribution in [0.25, 0.3) is 0 Å². The van der Waals surface area contributed by atoms with Gasteiger partial charge in [-0.15, -0.1) is 0 Å². The molecule has 1 aromatic carbocycles. The van der Waals surface area contributed by atoms with Crippen molar-refractivity contribution in [1.29, 1.82) is 0 Å². The van der Waals surface area contributed by atoms with Crippen LogP contribution in [0.5, 0.6) is 5.75 Å². The standard InChI is InChI=1S/C17H29NO2/c1-6-7-20-17-13(4)8-11(2)9-15(17)12(3)10-16(19)14(5)18/h8-9,12,14,16,19H,6-7,10,18H2,1-5H3. The monoisotopic (exact) mass is 279 g/mol. The summed E-state index contributed by atoms with van der Waals surface area (Å²) >= 11 is 0. The van der Waals surface area contributed by atoms with Gasteiger partial charge in [-0.05, 0) is 50.7 Å². The third kappa shape index (κ3) is 4.50. The Morgan fingerprint density at radius 2 is 1.90 bits per heavy atom. The highest BCUT2D eigenvalue weighted by atomic mass is 16.5. The Balaban J connectivity index is 3.01. The molecule has 3 N–H and O–H groups in total. The SMILES string of the molecule is CCCOc1c(C)cc(C)cc1C(C)CC(O)C(C)N. The second-order valence-electron chi connectivity index (χ2n) is 5.91. The molecule has 0 saturated heterocycles. The molecule has 0 saturated carbocycles. The zero-order valence-corrected chi connectivity index (χ0v) is 13.4. The number of aliphatic hydroxyl groups excluding tert-OH is 1. The van der Waals surface area contributed by atoms with Crippen LogP contribution in [0.3, 0.4) is 0 Å². The summed E-state index contributed by atoms with van der Waals surface area (Å²) in [7, 11) is 0. The van der Waals surface area contributed by atoms with Crippen molar-refractivity contribution in [2.45, 2.75) is 65.5 Å². The van der Waals surface area contributed by atoms with E-state index in [2.05, 4.69) is 39.8 Å². The zero-order chi connectivity index (χ0) is 15.3. The van der Waals surface area contributed by atoms with E-state index in [1.807, 2.05) is 6.92 Å². The normalized spacial score (nSPS) is 15.8. The summed E-state index contributed by atoms with van der Waals surface area (Å²) in [6.07, 6.45) is 1.16. The van der Waals surface area contributed by atoms with Gasteiger partial charge in [-0.3, -0.25) is 0 Å². The third-order valence-corrected chi connectivity index (χ3v) is 3.63. The van der Waals surface area contributed by atoms with E-state index in [0.717, 1.165) is 24.3 Å². The van der Waals surface area contributed by atoms with Gasteiger partial charge in [0, 0.05) is 6.04 Å². The van der Waals surface area contributed by atoms with Crippen LogP contribution in [0, 0.1) is 13.8 Å². The quantitative estimate of drug-likeness (QED) is 0.805. The summed E-state index contributed by atoms with van der Waals surface area (Å²) in [6, 6.07) is 4.10. The van der Waals surface area contributed by atoms with Crippen LogP contribution in [-0.4, -0.2) is 23.9 Å². The van der Waals surface area contributed by atoms with Crippen molar-refractivity contribution in [3.05, 3.63) is 28.8 Å². The fourth-order valence-corrected chi connectivity index (χ4v) is 2.46. The average molecular weight is 279 g/mol. The molecular weight excluding hydrogens is 250 g/mol. The number of nitrogens with two attached hydrogens (primary N) is 1. The Morgan fingerprint density at radius 1 is 1.25 bits per heavy atom. The molecule has 0 aromatic heterocycles. The predicted molar refractivity (Wildman–Crippen MR) is 84.4 cm³/mol. The van der Waals surface area contributed by atoms with Gasteiger partial charge >= 0.3 is 0 Å². The molecule has 114 valence electrons. The van der Waals surface area contributed by atoms with Gasteiger partial charge in [0.15, 0.2) is 0 Å². The lowest BCUT2D eigenvalue weighted by Gasteiger charge is -2.23. The molecule has 0 spiro atoms. The smallest absolute Gasteiger partial charge is 0.125 e. The summed E-state index contributed by atoms with van der Waals surface area (Å²) < 4.78 is 5.92. The van der Waals surface area contributed by atoms with Crippen molar-refractivity contribution in [3.63, 3.8) is 0 Å². The minimum Gasteiger partial charge on any atom is -0.493 e. The summed E-state index contributed by atoms with van der Waals surface area (Å²) in [4.78, 5) is 0. The number of ether oxygens (including phenoxy) is 1. The van der Waals surface area contributed by atoms with E-state index in [4.69, 9.17) is 10.5 Å². The molecule has 3 atom stereocenters. The van der Waals surface area contributed by atoms with Gasteiger partial charge in [0.2, 0.25) is 0 Å². The number of benzene rings is 1. The molecule has 0 aliphatic carbocycles. The number of hydrogen-bond donors (Lipinski definition) is 2. The first-order valence-electron chi connectivity index (χ1n) is 7.54. The first kappa shape index (κ1) is 17.0. The molecule has 0 radical (unpaired) electrons. The van der Waals surface area contributed by atoms with Gasteiger partial charge in [0.05, 0.1) is 12.7 Å². The topological polar surface area (TPSA) is 55.5 Å². The molecule has 1 rings (SSSR count). The summed E-state index contributed by atoms with van der Waals surface area (Å²) in [5.74, 6) is 1.20. The second-order valence-corrected chi connectivity index (χ2v) is 5.91. The molecule has 0 aliphatic rings. The van der Waals surface area contributed by atoms with Crippen LogP contribution in [-0.2, 0) is 0 Å². The maximum Gasteiger partial charge on any atom is 0.125 e. The van der Waals surface area contributed by atoms with Gasteiger partial charge in [0.1, 0.15) is 5.75 Å². The second kappa shape index (κ2) is 7.65. The number of hydrogen-bond acceptors (Lipinski definition) is 3. The van der Waals surface area contributed by atoms with E-state index in [1.54, 1.807) is 0 Å². The zero-order valence-electron chi connectivity index (χ0n) is 13.4. The van der Waals surface area contributed by atoms with Gasteiger partial charge in [-0.25, -0.2) is 0 Å². The molecule has 3 heteroatoms. The lowest BCUT2D eigenvalue weighted by Crippen LogP contribution is -2.32. The molecular formula is C17H29NO2. The van der Waals surface area contributed by atoms with Crippen molar-refractivity contribution < 1.29 is 9.84 Å². The van der Waals surface area contributed by atoms with E-state index in [1.165, 1.54) is 11.1 Å². The summed E-state index contributed by atoms with van der Waals surface area (Å²) in [5.41, 5.74) is 9.32. The average Bonchev–Trinajstić information content (AvgIpc) is 2.36. The van der Waals surface area contributed by atoms with Crippen molar-refractivity contribution in [3.8, 4) is 5.75 Å². The van der Waals surface area contributed by atoms with Crippen LogP contribution >= 0.6 is 0 Å². The minimum atomic E-state index is -0.482. The van der Waals surface area contributed by atoms with Gasteiger partial charge in [-0.1, -0.05) is 31.5 Å².